The number of ketones is 1. The summed E-state index contributed by atoms with van der Waals surface area (Å²) in [4.78, 5) is 22.1. The van der Waals surface area contributed by atoms with Crippen LogP contribution in [-0.4, -0.2) is 28.1 Å². The molecule has 0 bridgehead atoms. The van der Waals surface area contributed by atoms with Gasteiger partial charge in [0.25, 0.3) is 0 Å². The van der Waals surface area contributed by atoms with Gasteiger partial charge in [0.2, 0.25) is 0 Å². The van der Waals surface area contributed by atoms with E-state index in [2.05, 4.69) is 6.58 Å². The monoisotopic (exact) mass is 326 g/mol. The van der Waals surface area contributed by atoms with Gasteiger partial charge < -0.3 is 10.2 Å². The number of carboxylic acid groups (broad SMARTS) is 1. The number of Topliss-reactive ketones (excluding diaryl/α,β-unsaturated/α-hetero) is 1. The molecule has 0 aliphatic carbocycles. The van der Waals surface area contributed by atoms with Gasteiger partial charge in [0.05, 0.1) is 6.10 Å². The fourth-order valence-corrected chi connectivity index (χ4v) is 2.81. The normalized spacial score (nSPS) is 13.5. The van der Waals surface area contributed by atoms with E-state index < -0.39 is 5.97 Å². The second-order valence-electron chi connectivity index (χ2n) is 6.46. The van der Waals surface area contributed by atoms with Crippen molar-refractivity contribution in [2.24, 2.45) is 5.92 Å². The van der Waals surface area contributed by atoms with Gasteiger partial charge in [-0.15, -0.1) is 6.58 Å². The molecule has 0 amide bonds. The van der Waals surface area contributed by atoms with E-state index in [1.165, 1.54) is 0 Å². The van der Waals surface area contributed by atoms with E-state index in [0.717, 1.165) is 70.6 Å². The maximum atomic E-state index is 11.7. The van der Waals surface area contributed by atoms with E-state index in [-0.39, 0.29) is 24.2 Å². The lowest BCUT2D eigenvalue weighted by Crippen LogP contribution is -2.13. The van der Waals surface area contributed by atoms with Crippen LogP contribution < -0.4 is 0 Å². The van der Waals surface area contributed by atoms with Crippen molar-refractivity contribution in [1.29, 1.82) is 0 Å². The third kappa shape index (κ3) is 14.2. The summed E-state index contributed by atoms with van der Waals surface area (Å²) in [5.74, 6) is -0.412. The molecule has 0 radical (unpaired) electrons. The summed E-state index contributed by atoms with van der Waals surface area (Å²) in [6.07, 6.45) is 11.5. The van der Waals surface area contributed by atoms with Gasteiger partial charge in [0.15, 0.2) is 0 Å². The van der Waals surface area contributed by atoms with Crippen LogP contribution >= 0.6 is 0 Å². The van der Waals surface area contributed by atoms with Gasteiger partial charge in [-0.2, -0.15) is 0 Å². The molecular formula is C19H34O4. The van der Waals surface area contributed by atoms with Crippen molar-refractivity contribution in [3.8, 4) is 0 Å². The summed E-state index contributed by atoms with van der Waals surface area (Å²) >= 11 is 0. The smallest absolute Gasteiger partial charge is 0.303 e. The first-order valence-electron chi connectivity index (χ1n) is 8.98. The topological polar surface area (TPSA) is 74.6 Å². The molecule has 0 aliphatic heterocycles. The molecule has 0 aromatic carbocycles. The van der Waals surface area contributed by atoms with Gasteiger partial charge >= 0.3 is 5.97 Å². The van der Waals surface area contributed by atoms with Crippen molar-refractivity contribution >= 4 is 11.8 Å². The van der Waals surface area contributed by atoms with Gasteiger partial charge in [-0.3, -0.25) is 9.59 Å². The maximum Gasteiger partial charge on any atom is 0.303 e. The summed E-state index contributed by atoms with van der Waals surface area (Å²) < 4.78 is 0. The zero-order valence-electron chi connectivity index (χ0n) is 14.6. The molecule has 0 aromatic rings. The highest BCUT2D eigenvalue weighted by atomic mass is 16.4. The fourth-order valence-electron chi connectivity index (χ4n) is 2.81. The summed E-state index contributed by atoms with van der Waals surface area (Å²) in [6, 6.07) is 0. The summed E-state index contributed by atoms with van der Waals surface area (Å²) in [5, 5.41) is 18.4. The van der Waals surface area contributed by atoms with Crippen LogP contribution in [0, 0.1) is 5.92 Å². The molecule has 0 fully saturated rings. The van der Waals surface area contributed by atoms with E-state index in [4.69, 9.17) is 5.11 Å². The van der Waals surface area contributed by atoms with Gasteiger partial charge in [0.1, 0.15) is 5.78 Å². The zero-order valence-corrected chi connectivity index (χ0v) is 14.6. The number of carbonyl (C=O) groups is 2. The predicted molar refractivity (Wildman–Crippen MR) is 93.4 cm³/mol. The first kappa shape index (κ1) is 21.8. The van der Waals surface area contributed by atoms with Crippen molar-refractivity contribution in [3.05, 3.63) is 12.7 Å². The molecule has 0 heterocycles. The Balaban J connectivity index is 3.75. The van der Waals surface area contributed by atoms with Gasteiger partial charge in [-0.25, -0.2) is 0 Å². The highest BCUT2D eigenvalue weighted by Crippen LogP contribution is 2.20. The second-order valence-corrected chi connectivity index (χ2v) is 6.46. The van der Waals surface area contributed by atoms with Crippen LogP contribution in [0.4, 0.5) is 0 Å². The van der Waals surface area contributed by atoms with Crippen LogP contribution in [0.15, 0.2) is 12.7 Å². The maximum absolute atomic E-state index is 11.7. The third-order valence-corrected chi connectivity index (χ3v) is 4.30. The molecule has 2 unspecified atom stereocenters. The standard InChI is InChI=1S/C19H34O4/c1-3-4-7-13-18(21)14-10-12-17(16(2)20)11-8-5-6-9-15-19(22)23/h3,17-18,21H,1,4-15H2,2H3,(H,22,23). The molecule has 0 saturated carbocycles. The van der Waals surface area contributed by atoms with Crippen LogP contribution in [0.3, 0.4) is 0 Å². The second kappa shape index (κ2) is 14.4. The van der Waals surface area contributed by atoms with Gasteiger partial charge in [0, 0.05) is 12.3 Å². The first-order chi connectivity index (χ1) is 11.0. The zero-order chi connectivity index (χ0) is 17.5. The molecule has 2 atom stereocenters. The summed E-state index contributed by atoms with van der Waals surface area (Å²) in [6.45, 7) is 5.32. The molecule has 0 spiro atoms. The largest absolute Gasteiger partial charge is 0.481 e. The van der Waals surface area contributed by atoms with Crippen LogP contribution in [0.25, 0.3) is 0 Å². The predicted octanol–water partition coefficient (Wildman–Crippen LogP) is 4.50. The molecule has 23 heavy (non-hydrogen) atoms. The van der Waals surface area contributed by atoms with Gasteiger partial charge in [-0.05, 0) is 51.9 Å². The Hall–Kier alpha value is -1.16. The highest BCUT2D eigenvalue weighted by Gasteiger charge is 2.14. The number of hydrogen-bond acceptors (Lipinski definition) is 3. The van der Waals surface area contributed by atoms with E-state index in [0.29, 0.717) is 0 Å². The number of carbonyl (C=O) groups excluding carboxylic acids is 1. The Morgan fingerprint density at radius 3 is 2.17 bits per heavy atom. The number of rotatable bonds is 16. The SMILES string of the molecule is C=CCCCC(O)CCCC(CCCCCCC(=O)O)C(C)=O. The van der Waals surface area contributed by atoms with E-state index >= 15 is 0 Å². The van der Waals surface area contributed by atoms with E-state index in [1.807, 2.05) is 6.08 Å². The lowest BCUT2D eigenvalue weighted by atomic mass is 9.91. The molecule has 0 aromatic heterocycles. The Bertz CT molecular complexity index is 338. The number of aliphatic hydroxyl groups excluding tert-OH is 1. The number of hydrogen-bond donors (Lipinski definition) is 2. The minimum Gasteiger partial charge on any atom is -0.481 e. The quantitative estimate of drug-likeness (QED) is 0.323. The van der Waals surface area contributed by atoms with Crippen molar-refractivity contribution in [2.45, 2.75) is 90.1 Å². The molecule has 0 aliphatic rings. The first-order valence-corrected chi connectivity index (χ1v) is 8.98. The molecule has 2 N–H and O–H groups in total. The molecule has 134 valence electrons. The molecule has 0 rings (SSSR count). The van der Waals surface area contributed by atoms with E-state index in [9.17, 15) is 14.7 Å². The minimum atomic E-state index is -0.738. The number of aliphatic hydroxyl groups is 1. The summed E-state index contributed by atoms with van der Waals surface area (Å²) in [7, 11) is 0. The van der Waals surface area contributed by atoms with Crippen molar-refractivity contribution in [3.63, 3.8) is 0 Å². The van der Waals surface area contributed by atoms with Crippen LogP contribution in [0.2, 0.25) is 0 Å². The number of allylic oxidation sites excluding steroid dienone is 1. The Morgan fingerprint density at radius 2 is 1.57 bits per heavy atom. The lowest BCUT2D eigenvalue weighted by molar-refractivity contribution is -0.137. The molecule has 4 nitrogen and oxygen atoms in total. The van der Waals surface area contributed by atoms with Crippen molar-refractivity contribution in [1.82, 2.24) is 0 Å². The molecule has 0 saturated heterocycles. The third-order valence-electron chi connectivity index (χ3n) is 4.30. The lowest BCUT2D eigenvalue weighted by Gasteiger charge is -2.15. The van der Waals surface area contributed by atoms with Crippen molar-refractivity contribution < 1.29 is 19.8 Å². The average Bonchev–Trinajstić information content (AvgIpc) is 2.48. The fraction of sp³-hybridized carbons (Fsp3) is 0.789. The highest BCUT2D eigenvalue weighted by molar-refractivity contribution is 5.78. The van der Waals surface area contributed by atoms with Crippen molar-refractivity contribution in [2.75, 3.05) is 0 Å². The van der Waals surface area contributed by atoms with Crippen LogP contribution in [0.5, 0.6) is 0 Å². The number of aliphatic carboxylic acids is 1. The van der Waals surface area contributed by atoms with Crippen LogP contribution in [0.1, 0.15) is 84.0 Å². The summed E-state index contributed by atoms with van der Waals surface area (Å²) in [5.41, 5.74) is 0. The average molecular weight is 326 g/mol. The Morgan fingerprint density at radius 1 is 0.957 bits per heavy atom. The molecular weight excluding hydrogens is 292 g/mol. The Labute approximate surface area is 141 Å². The number of unbranched alkanes of at least 4 members (excludes halogenated alkanes) is 4. The molecule has 4 heteroatoms. The Kier molecular flexibility index (Phi) is 13.7. The van der Waals surface area contributed by atoms with E-state index in [1.54, 1.807) is 6.92 Å². The number of carboxylic acids is 1. The van der Waals surface area contributed by atoms with Crippen LogP contribution in [-0.2, 0) is 9.59 Å². The minimum absolute atomic E-state index is 0.0925. The van der Waals surface area contributed by atoms with Gasteiger partial charge in [-0.1, -0.05) is 31.8 Å².